The molecule has 0 aromatic heterocycles. The summed E-state index contributed by atoms with van der Waals surface area (Å²) in [7, 11) is 2.02. The average molecular weight is 181 g/mol. The standard InChI is InChI=1S/C12H23N/c1-11(7-6-10-13-2)12-8-4-3-5-9-12/h7,12-13H,3-6,8-10H2,1-2H3. The normalized spacial score (nSPS) is 20.6. The van der Waals surface area contributed by atoms with Crippen molar-refractivity contribution in [2.75, 3.05) is 13.6 Å². The number of hydrogen-bond donors (Lipinski definition) is 1. The molecule has 1 aliphatic rings. The highest BCUT2D eigenvalue weighted by Gasteiger charge is 2.13. The fraction of sp³-hybridized carbons (Fsp3) is 0.833. The maximum absolute atomic E-state index is 3.18. The van der Waals surface area contributed by atoms with E-state index in [2.05, 4.69) is 18.3 Å². The molecule has 1 fully saturated rings. The van der Waals surface area contributed by atoms with Gasteiger partial charge in [-0.3, -0.25) is 0 Å². The second-order valence-corrected chi connectivity index (χ2v) is 4.18. The molecule has 0 saturated heterocycles. The minimum Gasteiger partial charge on any atom is -0.319 e. The highest BCUT2D eigenvalue weighted by atomic mass is 14.8. The molecule has 13 heavy (non-hydrogen) atoms. The zero-order valence-corrected chi connectivity index (χ0v) is 9.10. The summed E-state index contributed by atoms with van der Waals surface area (Å²) < 4.78 is 0. The minimum absolute atomic E-state index is 0.908. The molecule has 0 unspecified atom stereocenters. The molecular formula is C12H23N. The molecule has 0 aliphatic heterocycles. The second kappa shape index (κ2) is 6.20. The predicted molar refractivity (Wildman–Crippen MR) is 58.9 cm³/mol. The number of allylic oxidation sites excluding steroid dienone is 1. The minimum atomic E-state index is 0.908. The van der Waals surface area contributed by atoms with Gasteiger partial charge in [-0.2, -0.15) is 0 Å². The van der Waals surface area contributed by atoms with Crippen LogP contribution in [0.4, 0.5) is 0 Å². The topological polar surface area (TPSA) is 12.0 Å². The molecule has 0 atom stereocenters. The third-order valence-electron chi connectivity index (χ3n) is 3.11. The van der Waals surface area contributed by atoms with E-state index in [1.807, 2.05) is 7.05 Å². The molecule has 0 aromatic rings. The number of rotatable bonds is 4. The maximum Gasteiger partial charge on any atom is -0.00172 e. The quantitative estimate of drug-likeness (QED) is 0.519. The Balaban J connectivity index is 2.27. The van der Waals surface area contributed by atoms with Gasteiger partial charge < -0.3 is 5.32 Å². The second-order valence-electron chi connectivity index (χ2n) is 4.18. The summed E-state index contributed by atoms with van der Waals surface area (Å²) in [6, 6.07) is 0. The van der Waals surface area contributed by atoms with Crippen molar-refractivity contribution in [1.82, 2.24) is 5.32 Å². The van der Waals surface area contributed by atoms with Crippen LogP contribution in [-0.2, 0) is 0 Å². The van der Waals surface area contributed by atoms with Gasteiger partial charge in [-0.15, -0.1) is 0 Å². The van der Waals surface area contributed by atoms with E-state index in [0.717, 1.165) is 12.5 Å². The van der Waals surface area contributed by atoms with E-state index in [9.17, 15) is 0 Å². The zero-order valence-electron chi connectivity index (χ0n) is 9.10. The third kappa shape index (κ3) is 3.95. The molecule has 0 bridgehead atoms. The highest BCUT2D eigenvalue weighted by molar-refractivity contribution is 5.04. The van der Waals surface area contributed by atoms with Crippen LogP contribution in [0.15, 0.2) is 11.6 Å². The molecule has 1 aliphatic carbocycles. The summed E-state index contributed by atoms with van der Waals surface area (Å²) in [6.07, 6.45) is 10.8. The SMILES string of the molecule is CNCCC=C(C)C1CCCCC1. The number of nitrogens with one attached hydrogen (secondary N) is 1. The fourth-order valence-electron chi connectivity index (χ4n) is 2.17. The summed E-state index contributed by atoms with van der Waals surface area (Å²) in [5.74, 6) is 0.908. The monoisotopic (exact) mass is 181 g/mol. The Kier molecular flexibility index (Phi) is 5.14. The molecule has 0 heterocycles. The lowest BCUT2D eigenvalue weighted by molar-refractivity contribution is 0.402. The Morgan fingerprint density at radius 1 is 1.31 bits per heavy atom. The third-order valence-corrected chi connectivity index (χ3v) is 3.11. The molecule has 1 heteroatoms. The lowest BCUT2D eigenvalue weighted by Crippen LogP contribution is -2.09. The smallest absolute Gasteiger partial charge is 0.00172 e. The van der Waals surface area contributed by atoms with Crippen molar-refractivity contribution in [3.63, 3.8) is 0 Å². The van der Waals surface area contributed by atoms with Gasteiger partial charge in [0, 0.05) is 0 Å². The van der Waals surface area contributed by atoms with E-state index in [0.29, 0.717) is 0 Å². The first-order valence-corrected chi connectivity index (χ1v) is 5.66. The van der Waals surface area contributed by atoms with Crippen molar-refractivity contribution < 1.29 is 0 Å². The van der Waals surface area contributed by atoms with Crippen molar-refractivity contribution in [3.8, 4) is 0 Å². The molecule has 1 saturated carbocycles. The van der Waals surface area contributed by atoms with Crippen LogP contribution in [0.2, 0.25) is 0 Å². The molecule has 1 nitrogen and oxygen atoms in total. The van der Waals surface area contributed by atoms with E-state index in [1.54, 1.807) is 5.57 Å². The van der Waals surface area contributed by atoms with Gasteiger partial charge in [0.25, 0.3) is 0 Å². The molecular weight excluding hydrogens is 158 g/mol. The molecule has 0 radical (unpaired) electrons. The summed E-state index contributed by atoms with van der Waals surface area (Å²) in [5, 5.41) is 3.18. The van der Waals surface area contributed by atoms with Crippen LogP contribution in [0.1, 0.15) is 45.4 Å². The summed E-state index contributed by atoms with van der Waals surface area (Å²) in [5.41, 5.74) is 1.63. The Bertz CT molecular complexity index is 155. The molecule has 0 aromatic carbocycles. The van der Waals surface area contributed by atoms with Crippen molar-refractivity contribution in [3.05, 3.63) is 11.6 Å². The summed E-state index contributed by atoms with van der Waals surface area (Å²) in [4.78, 5) is 0. The van der Waals surface area contributed by atoms with Crippen LogP contribution >= 0.6 is 0 Å². The largest absolute Gasteiger partial charge is 0.319 e. The Hall–Kier alpha value is -0.300. The molecule has 1 rings (SSSR count). The van der Waals surface area contributed by atoms with E-state index >= 15 is 0 Å². The maximum atomic E-state index is 3.18. The van der Waals surface area contributed by atoms with Crippen molar-refractivity contribution in [2.24, 2.45) is 5.92 Å². The van der Waals surface area contributed by atoms with E-state index in [-0.39, 0.29) is 0 Å². The highest BCUT2D eigenvalue weighted by Crippen LogP contribution is 2.29. The average Bonchev–Trinajstić information content (AvgIpc) is 2.19. The van der Waals surface area contributed by atoms with Gasteiger partial charge in [0.2, 0.25) is 0 Å². The molecule has 0 spiro atoms. The lowest BCUT2D eigenvalue weighted by Gasteiger charge is -2.22. The van der Waals surface area contributed by atoms with Gasteiger partial charge in [0.05, 0.1) is 0 Å². The van der Waals surface area contributed by atoms with Crippen LogP contribution in [0.5, 0.6) is 0 Å². The molecule has 0 amide bonds. The summed E-state index contributed by atoms with van der Waals surface area (Å²) in [6.45, 7) is 3.43. The van der Waals surface area contributed by atoms with E-state index in [1.165, 1.54) is 38.5 Å². The molecule has 76 valence electrons. The Morgan fingerprint density at radius 3 is 2.62 bits per heavy atom. The van der Waals surface area contributed by atoms with Gasteiger partial charge in [-0.05, 0) is 45.7 Å². The van der Waals surface area contributed by atoms with Gasteiger partial charge in [-0.1, -0.05) is 30.9 Å². The lowest BCUT2D eigenvalue weighted by atomic mass is 9.84. The van der Waals surface area contributed by atoms with Crippen molar-refractivity contribution in [1.29, 1.82) is 0 Å². The van der Waals surface area contributed by atoms with Crippen molar-refractivity contribution >= 4 is 0 Å². The van der Waals surface area contributed by atoms with Crippen LogP contribution < -0.4 is 5.32 Å². The number of hydrogen-bond acceptors (Lipinski definition) is 1. The molecule has 1 N–H and O–H groups in total. The van der Waals surface area contributed by atoms with Crippen molar-refractivity contribution in [2.45, 2.75) is 45.4 Å². The van der Waals surface area contributed by atoms with Gasteiger partial charge in [0.1, 0.15) is 0 Å². The van der Waals surface area contributed by atoms with Gasteiger partial charge in [-0.25, -0.2) is 0 Å². The Labute approximate surface area is 82.6 Å². The van der Waals surface area contributed by atoms with E-state index < -0.39 is 0 Å². The van der Waals surface area contributed by atoms with Gasteiger partial charge in [0.15, 0.2) is 0 Å². The predicted octanol–water partition coefficient (Wildman–Crippen LogP) is 3.12. The van der Waals surface area contributed by atoms with Crippen LogP contribution in [0, 0.1) is 5.92 Å². The van der Waals surface area contributed by atoms with E-state index in [4.69, 9.17) is 0 Å². The zero-order chi connectivity index (χ0) is 9.52. The fourth-order valence-corrected chi connectivity index (χ4v) is 2.17. The van der Waals surface area contributed by atoms with Gasteiger partial charge >= 0.3 is 0 Å². The van der Waals surface area contributed by atoms with Crippen LogP contribution in [-0.4, -0.2) is 13.6 Å². The Morgan fingerprint density at radius 2 is 2.00 bits per heavy atom. The first-order valence-electron chi connectivity index (χ1n) is 5.66. The summed E-state index contributed by atoms with van der Waals surface area (Å²) >= 11 is 0. The first-order chi connectivity index (χ1) is 6.34. The van der Waals surface area contributed by atoms with Crippen LogP contribution in [0.3, 0.4) is 0 Å². The van der Waals surface area contributed by atoms with Crippen LogP contribution in [0.25, 0.3) is 0 Å². The first kappa shape index (κ1) is 10.8.